The van der Waals surface area contributed by atoms with Gasteiger partial charge >= 0.3 is 0 Å². The average Bonchev–Trinajstić information content (AvgIpc) is 2.61. The topological polar surface area (TPSA) is 67.4 Å². The highest BCUT2D eigenvalue weighted by Gasteiger charge is 2.15. The Labute approximate surface area is 158 Å². The van der Waals surface area contributed by atoms with Gasteiger partial charge in [-0.3, -0.25) is 20.4 Å². The molecule has 2 rings (SSSR count). The molecule has 0 heterocycles. The Morgan fingerprint density at radius 3 is 2.12 bits per heavy atom. The van der Waals surface area contributed by atoms with Gasteiger partial charge in [0.15, 0.2) is 0 Å². The van der Waals surface area contributed by atoms with Crippen LogP contribution in [0.25, 0.3) is 0 Å². The van der Waals surface area contributed by atoms with E-state index in [0.29, 0.717) is 11.3 Å². The number of rotatable bonds is 6. The number of hydrogen-bond donors (Lipinski definition) is 2. The Morgan fingerprint density at radius 1 is 0.923 bits per heavy atom. The molecule has 0 aliphatic carbocycles. The molecule has 2 aromatic carbocycles. The molecule has 2 aromatic rings. The van der Waals surface area contributed by atoms with Gasteiger partial charge in [-0.25, -0.2) is 0 Å². The lowest BCUT2D eigenvalue weighted by Gasteiger charge is -2.13. The summed E-state index contributed by atoms with van der Waals surface area (Å²) in [6.07, 6.45) is 0.0708. The van der Waals surface area contributed by atoms with E-state index in [2.05, 4.69) is 10.9 Å². The van der Waals surface area contributed by atoms with Gasteiger partial charge in [-0.15, -0.1) is 11.8 Å². The van der Waals surface area contributed by atoms with Crippen LogP contribution < -0.4 is 15.6 Å². The highest BCUT2D eigenvalue weighted by Crippen LogP contribution is 2.23. The maximum Gasteiger partial charge on any atom is 0.269 e. The number of ether oxygens (including phenoxy) is 1. The number of hydrazine groups is 1. The molecule has 0 aliphatic heterocycles. The SMILES string of the molecule is Cc1ccc(SC(C)C(=O)NNC(=O)c2ccc(OC(C)C)cc2)cc1. The van der Waals surface area contributed by atoms with Gasteiger partial charge < -0.3 is 4.74 Å². The molecular formula is C20H24N2O3S. The minimum atomic E-state index is -0.373. The largest absolute Gasteiger partial charge is 0.491 e. The van der Waals surface area contributed by atoms with Crippen LogP contribution in [0, 0.1) is 6.92 Å². The smallest absolute Gasteiger partial charge is 0.269 e. The molecule has 0 fully saturated rings. The third-order valence-electron chi connectivity index (χ3n) is 3.49. The van der Waals surface area contributed by atoms with E-state index in [-0.39, 0.29) is 23.2 Å². The van der Waals surface area contributed by atoms with Gasteiger partial charge in [-0.05, 0) is 64.1 Å². The van der Waals surface area contributed by atoms with Gasteiger partial charge in [0.05, 0.1) is 11.4 Å². The lowest BCUT2D eigenvalue weighted by atomic mass is 10.2. The fourth-order valence-corrected chi connectivity index (χ4v) is 2.99. The van der Waals surface area contributed by atoms with Crippen molar-refractivity contribution >= 4 is 23.6 Å². The number of benzene rings is 2. The van der Waals surface area contributed by atoms with E-state index in [9.17, 15) is 9.59 Å². The third kappa shape index (κ3) is 6.11. The van der Waals surface area contributed by atoms with Crippen LogP contribution in [0.5, 0.6) is 5.75 Å². The van der Waals surface area contributed by atoms with E-state index in [0.717, 1.165) is 4.90 Å². The zero-order valence-electron chi connectivity index (χ0n) is 15.4. The first-order valence-electron chi connectivity index (χ1n) is 8.45. The monoisotopic (exact) mass is 372 g/mol. The molecule has 2 N–H and O–H groups in total. The Kier molecular flexibility index (Phi) is 7.09. The first kappa shape index (κ1) is 19.8. The van der Waals surface area contributed by atoms with Crippen molar-refractivity contribution in [3.8, 4) is 5.75 Å². The van der Waals surface area contributed by atoms with Crippen molar-refractivity contribution in [1.29, 1.82) is 0 Å². The molecule has 0 radical (unpaired) electrons. The van der Waals surface area contributed by atoms with E-state index in [1.54, 1.807) is 31.2 Å². The zero-order valence-corrected chi connectivity index (χ0v) is 16.2. The normalized spacial score (nSPS) is 11.7. The van der Waals surface area contributed by atoms with E-state index < -0.39 is 0 Å². The van der Waals surface area contributed by atoms with E-state index in [1.165, 1.54) is 17.3 Å². The molecule has 0 saturated carbocycles. The number of carbonyl (C=O) groups excluding carboxylic acids is 2. The fraction of sp³-hybridized carbons (Fsp3) is 0.300. The molecule has 5 nitrogen and oxygen atoms in total. The Balaban J connectivity index is 1.83. The van der Waals surface area contributed by atoms with Crippen LogP contribution in [-0.2, 0) is 4.79 Å². The lowest BCUT2D eigenvalue weighted by Crippen LogP contribution is -2.44. The Bertz CT molecular complexity index is 743. The quantitative estimate of drug-likeness (QED) is 0.599. The first-order valence-corrected chi connectivity index (χ1v) is 9.33. The van der Waals surface area contributed by atoms with Crippen molar-refractivity contribution in [2.45, 2.75) is 43.9 Å². The predicted octanol–water partition coefficient (Wildman–Crippen LogP) is 3.72. The van der Waals surface area contributed by atoms with E-state index in [4.69, 9.17) is 4.74 Å². The number of amides is 2. The van der Waals surface area contributed by atoms with Gasteiger partial charge in [0.25, 0.3) is 11.8 Å². The summed E-state index contributed by atoms with van der Waals surface area (Å²) < 4.78 is 5.54. The van der Waals surface area contributed by atoms with Gasteiger partial charge in [0.1, 0.15) is 5.75 Å². The minimum Gasteiger partial charge on any atom is -0.491 e. The van der Waals surface area contributed by atoms with Gasteiger partial charge in [0, 0.05) is 10.5 Å². The maximum absolute atomic E-state index is 12.2. The molecule has 0 spiro atoms. The van der Waals surface area contributed by atoms with Crippen molar-refractivity contribution in [1.82, 2.24) is 10.9 Å². The zero-order chi connectivity index (χ0) is 19.1. The summed E-state index contributed by atoms with van der Waals surface area (Å²) in [6.45, 7) is 7.68. The minimum absolute atomic E-state index is 0.0708. The van der Waals surface area contributed by atoms with Crippen molar-refractivity contribution in [2.24, 2.45) is 0 Å². The van der Waals surface area contributed by atoms with Crippen molar-refractivity contribution in [3.05, 3.63) is 59.7 Å². The summed E-state index contributed by atoms with van der Waals surface area (Å²) in [5.74, 6) is 0.0642. The summed E-state index contributed by atoms with van der Waals surface area (Å²) >= 11 is 1.44. The highest BCUT2D eigenvalue weighted by molar-refractivity contribution is 8.00. The van der Waals surface area contributed by atoms with Crippen LogP contribution in [0.15, 0.2) is 53.4 Å². The van der Waals surface area contributed by atoms with Crippen molar-refractivity contribution < 1.29 is 14.3 Å². The van der Waals surface area contributed by atoms with Gasteiger partial charge in [-0.2, -0.15) is 0 Å². The Morgan fingerprint density at radius 2 is 1.54 bits per heavy atom. The Hall–Kier alpha value is -2.47. The number of nitrogens with one attached hydrogen (secondary N) is 2. The molecule has 0 aliphatic rings. The standard InChI is InChI=1S/C20H24N2O3S/c1-13(2)25-17-9-7-16(8-10-17)20(24)22-21-19(23)15(4)26-18-11-5-14(3)6-12-18/h5-13,15H,1-4H3,(H,21,23)(H,22,24). The van der Waals surface area contributed by atoms with Gasteiger partial charge in [0.2, 0.25) is 0 Å². The van der Waals surface area contributed by atoms with Crippen molar-refractivity contribution in [2.75, 3.05) is 0 Å². The van der Waals surface area contributed by atoms with E-state index >= 15 is 0 Å². The molecule has 1 unspecified atom stereocenters. The number of carbonyl (C=O) groups is 2. The number of hydrogen-bond acceptors (Lipinski definition) is 4. The van der Waals surface area contributed by atoms with Crippen LogP contribution in [0.4, 0.5) is 0 Å². The molecule has 138 valence electrons. The highest BCUT2D eigenvalue weighted by atomic mass is 32.2. The lowest BCUT2D eigenvalue weighted by molar-refractivity contribution is -0.121. The van der Waals surface area contributed by atoms with Crippen LogP contribution in [0.1, 0.15) is 36.7 Å². The maximum atomic E-state index is 12.2. The molecule has 0 saturated heterocycles. The third-order valence-corrected chi connectivity index (χ3v) is 4.60. The molecule has 0 bridgehead atoms. The summed E-state index contributed by atoms with van der Waals surface area (Å²) in [5, 5.41) is -0.333. The van der Waals surface area contributed by atoms with Crippen molar-refractivity contribution in [3.63, 3.8) is 0 Å². The predicted molar refractivity (Wildman–Crippen MR) is 104 cm³/mol. The second-order valence-corrected chi connectivity index (χ2v) is 7.62. The fourth-order valence-electron chi connectivity index (χ4n) is 2.12. The number of aryl methyl sites for hydroxylation is 1. The summed E-state index contributed by atoms with van der Waals surface area (Å²) in [4.78, 5) is 25.3. The molecule has 2 amide bonds. The summed E-state index contributed by atoms with van der Waals surface area (Å²) in [6, 6.07) is 14.7. The molecule has 6 heteroatoms. The van der Waals surface area contributed by atoms with Crippen LogP contribution in [-0.4, -0.2) is 23.2 Å². The van der Waals surface area contributed by atoms with Gasteiger partial charge in [-0.1, -0.05) is 17.7 Å². The molecule has 1 atom stereocenters. The molecule has 0 aromatic heterocycles. The second kappa shape index (κ2) is 9.29. The average molecular weight is 372 g/mol. The molecular weight excluding hydrogens is 348 g/mol. The summed E-state index contributed by atoms with van der Waals surface area (Å²) in [5.41, 5.74) is 6.53. The van der Waals surface area contributed by atoms with Crippen LogP contribution >= 0.6 is 11.8 Å². The van der Waals surface area contributed by atoms with Crippen LogP contribution in [0.3, 0.4) is 0 Å². The summed E-state index contributed by atoms with van der Waals surface area (Å²) in [7, 11) is 0. The van der Waals surface area contributed by atoms with Crippen LogP contribution in [0.2, 0.25) is 0 Å². The van der Waals surface area contributed by atoms with E-state index in [1.807, 2.05) is 45.0 Å². The number of thioether (sulfide) groups is 1. The first-order chi connectivity index (χ1) is 12.3. The second-order valence-electron chi connectivity index (χ2n) is 6.21. The molecule has 26 heavy (non-hydrogen) atoms.